The second-order valence-electron chi connectivity index (χ2n) is 10.3. The first-order valence-electron chi connectivity index (χ1n) is 13.4. The number of Topliss-reactive ketones (excluding diaryl/α,β-unsaturated/α-hetero) is 1. The molecule has 4 atom stereocenters. The average molecular weight is 529 g/mol. The zero-order valence-electron chi connectivity index (χ0n) is 22.9. The van der Waals surface area contributed by atoms with Gasteiger partial charge in [-0.25, -0.2) is 0 Å². The van der Waals surface area contributed by atoms with Gasteiger partial charge in [-0.3, -0.25) is 14.4 Å². The van der Waals surface area contributed by atoms with Crippen LogP contribution >= 0.6 is 0 Å². The molecule has 204 valence electrons. The molecule has 1 fully saturated rings. The highest BCUT2D eigenvalue weighted by molar-refractivity contribution is 6.10. The molecule has 7 heteroatoms. The molecule has 0 radical (unpaired) electrons. The van der Waals surface area contributed by atoms with Crippen molar-refractivity contribution in [3.8, 4) is 5.75 Å². The summed E-state index contributed by atoms with van der Waals surface area (Å²) in [7, 11) is 1.53. The van der Waals surface area contributed by atoms with E-state index in [1.807, 2.05) is 56.3 Å². The third-order valence-electron chi connectivity index (χ3n) is 7.62. The Hall–Kier alpha value is -3.97. The standard InChI is InChI=1S/C32H36N2O5/c1-5-20-12-7-9-16-24(20)33-30(36)28-26(35)19-32(3,38)29(27(28)22-14-11-15-23(18-22)39-4)31(37)34-25-17-10-8-13-21(25)6-2/h7-18,27-29,38H,5-6,19H2,1-4H3,(H,33,36)(H,34,37). The van der Waals surface area contributed by atoms with Gasteiger partial charge in [-0.2, -0.15) is 0 Å². The lowest BCUT2D eigenvalue weighted by Crippen LogP contribution is -2.56. The summed E-state index contributed by atoms with van der Waals surface area (Å²) in [6.45, 7) is 5.48. The van der Waals surface area contributed by atoms with Crippen LogP contribution in [0, 0.1) is 11.8 Å². The normalized spacial score (nSPS) is 22.7. The predicted octanol–water partition coefficient (Wildman–Crippen LogP) is 5.14. The zero-order chi connectivity index (χ0) is 28.2. The lowest BCUT2D eigenvalue weighted by Gasteiger charge is -2.44. The first-order chi connectivity index (χ1) is 18.7. The molecule has 3 aromatic carbocycles. The van der Waals surface area contributed by atoms with Gasteiger partial charge in [0.2, 0.25) is 11.8 Å². The van der Waals surface area contributed by atoms with Gasteiger partial charge in [-0.1, -0.05) is 62.4 Å². The van der Waals surface area contributed by atoms with E-state index in [1.54, 1.807) is 30.3 Å². The average Bonchev–Trinajstić information content (AvgIpc) is 2.92. The second-order valence-corrected chi connectivity index (χ2v) is 10.3. The minimum atomic E-state index is -1.69. The summed E-state index contributed by atoms with van der Waals surface area (Å²) in [5, 5.41) is 17.5. The number of nitrogens with one attached hydrogen (secondary N) is 2. The van der Waals surface area contributed by atoms with Crippen molar-refractivity contribution in [1.82, 2.24) is 0 Å². The molecule has 39 heavy (non-hydrogen) atoms. The van der Waals surface area contributed by atoms with Gasteiger partial charge in [0, 0.05) is 23.7 Å². The fourth-order valence-electron chi connectivity index (χ4n) is 5.66. The Labute approximate surface area is 229 Å². The maximum Gasteiger partial charge on any atom is 0.235 e. The van der Waals surface area contributed by atoms with Crippen molar-refractivity contribution in [3.63, 3.8) is 0 Å². The highest BCUT2D eigenvalue weighted by Crippen LogP contribution is 2.47. The molecule has 4 rings (SSSR count). The first-order valence-corrected chi connectivity index (χ1v) is 13.4. The Morgan fingerprint density at radius 2 is 1.46 bits per heavy atom. The van der Waals surface area contributed by atoms with Gasteiger partial charge in [0.1, 0.15) is 17.5 Å². The molecule has 2 amide bonds. The Morgan fingerprint density at radius 3 is 2.03 bits per heavy atom. The van der Waals surface area contributed by atoms with Crippen molar-refractivity contribution in [1.29, 1.82) is 0 Å². The molecule has 3 aromatic rings. The van der Waals surface area contributed by atoms with E-state index in [4.69, 9.17) is 4.74 Å². The van der Waals surface area contributed by atoms with Crippen molar-refractivity contribution in [2.75, 3.05) is 17.7 Å². The largest absolute Gasteiger partial charge is 0.497 e. The van der Waals surface area contributed by atoms with E-state index in [0.717, 1.165) is 11.1 Å². The van der Waals surface area contributed by atoms with Crippen LogP contribution in [-0.2, 0) is 27.2 Å². The lowest BCUT2D eigenvalue weighted by molar-refractivity contribution is -0.150. The van der Waals surface area contributed by atoms with E-state index in [2.05, 4.69) is 10.6 Å². The number of amides is 2. The molecule has 0 spiro atoms. The molecule has 0 saturated heterocycles. The summed E-state index contributed by atoms with van der Waals surface area (Å²) >= 11 is 0. The second kappa shape index (κ2) is 11.8. The summed E-state index contributed by atoms with van der Waals surface area (Å²) in [6, 6.07) is 21.9. The molecule has 3 N–H and O–H groups in total. The highest BCUT2D eigenvalue weighted by Gasteiger charge is 2.56. The van der Waals surface area contributed by atoms with E-state index >= 15 is 0 Å². The maximum atomic E-state index is 14.0. The third kappa shape index (κ3) is 5.88. The molecular formula is C32H36N2O5. The summed E-state index contributed by atoms with van der Waals surface area (Å²) in [6.07, 6.45) is 1.08. The number of aryl methyl sites for hydroxylation is 2. The quantitative estimate of drug-likeness (QED) is 0.351. The van der Waals surface area contributed by atoms with Crippen molar-refractivity contribution in [3.05, 3.63) is 89.5 Å². The maximum absolute atomic E-state index is 14.0. The Balaban J connectivity index is 1.80. The van der Waals surface area contributed by atoms with Gasteiger partial charge < -0.3 is 20.5 Å². The summed E-state index contributed by atoms with van der Waals surface area (Å²) in [5.41, 5.74) is 2.02. The molecule has 1 aliphatic carbocycles. The fraction of sp³-hybridized carbons (Fsp3) is 0.344. The number of carbonyl (C=O) groups is 3. The monoisotopic (exact) mass is 528 g/mol. The molecule has 0 aliphatic heterocycles. The van der Waals surface area contributed by atoms with E-state index in [9.17, 15) is 19.5 Å². The topological polar surface area (TPSA) is 105 Å². The predicted molar refractivity (Wildman–Crippen MR) is 152 cm³/mol. The van der Waals surface area contributed by atoms with Gasteiger partial charge in [0.25, 0.3) is 0 Å². The molecule has 1 saturated carbocycles. The van der Waals surface area contributed by atoms with Crippen LogP contribution in [0.3, 0.4) is 0 Å². The Kier molecular flexibility index (Phi) is 8.51. The van der Waals surface area contributed by atoms with Crippen LogP contribution in [0.15, 0.2) is 72.8 Å². The SMILES string of the molecule is CCc1ccccc1NC(=O)C1C(=O)CC(C)(O)C(C(=O)Nc2ccccc2CC)C1c1cccc(OC)c1. The van der Waals surface area contributed by atoms with Crippen LogP contribution in [0.25, 0.3) is 0 Å². The van der Waals surface area contributed by atoms with Gasteiger partial charge >= 0.3 is 0 Å². The lowest BCUT2D eigenvalue weighted by atomic mass is 9.61. The summed E-state index contributed by atoms with van der Waals surface area (Å²) in [4.78, 5) is 41.4. The van der Waals surface area contributed by atoms with Crippen LogP contribution in [0.5, 0.6) is 5.75 Å². The minimum Gasteiger partial charge on any atom is -0.497 e. The van der Waals surface area contributed by atoms with E-state index in [0.29, 0.717) is 35.5 Å². The molecule has 0 aromatic heterocycles. The molecule has 7 nitrogen and oxygen atoms in total. The molecule has 1 aliphatic rings. The van der Waals surface area contributed by atoms with Gasteiger partial charge in [-0.05, 0) is 60.7 Å². The van der Waals surface area contributed by atoms with Crippen molar-refractivity contribution >= 4 is 29.0 Å². The van der Waals surface area contributed by atoms with E-state index < -0.39 is 41.0 Å². The number of hydrogen-bond donors (Lipinski definition) is 3. The Bertz CT molecular complexity index is 1370. The van der Waals surface area contributed by atoms with Crippen LogP contribution in [-0.4, -0.2) is 35.4 Å². The number of aliphatic hydroxyl groups is 1. The van der Waals surface area contributed by atoms with Crippen LogP contribution in [0.1, 0.15) is 49.8 Å². The van der Waals surface area contributed by atoms with Crippen LogP contribution < -0.4 is 15.4 Å². The molecule has 4 unspecified atom stereocenters. The number of methoxy groups -OCH3 is 1. The summed E-state index contributed by atoms with van der Waals surface area (Å²) < 4.78 is 5.42. The van der Waals surface area contributed by atoms with Crippen molar-refractivity contribution < 1.29 is 24.2 Å². The zero-order valence-corrected chi connectivity index (χ0v) is 22.9. The van der Waals surface area contributed by atoms with E-state index in [-0.39, 0.29) is 6.42 Å². The first kappa shape index (κ1) is 28.0. The van der Waals surface area contributed by atoms with Gasteiger partial charge in [0.15, 0.2) is 0 Å². The number of ether oxygens (including phenoxy) is 1. The third-order valence-corrected chi connectivity index (χ3v) is 7.62. The van der Waals surface area contributed by atoms with Crippen LogP contribution in [0.4, 0.5) is 11.4 Å². The van der Waals surface area contributed by atoms with Crippen molar-refractivity contribution in [2.24, 2.45) is 11.8 Å². The number of ketones is 1. The number of carbonyl (C=O) groups excluding carboxylic acids is 3. The number of hydrogen-bond acceptors (Lipinski definition) is 5. The number of benzene rings is 3. The summed E-state index contributed by atoms with van der Waals surface area (Å²) in [5.74, 6) is -4.07. The van der Waals surface area contributed by atoms with Gasteiger partial charge in [0.05, 0.1) is 18.6 Å². The number of rotatable bonds is 8. The Morgan fingerprint density at radius 1 is 0.897 bits per heavy atom. The molecule has 0 heterocycles. The highest BCUT2D eigenvalue weighted by atomic mass is 16.5. The number of anilines is 2. The van der Waals surface area contributed by atoms with Crippen LogP contribution in [0.2, 0.25) is 0 Å². The van der Waals surface area contributed by atoms with E-state index in [1.165, 1.54) is 14.0 Å². The fourth-order valence-corrected chi connectivity index (χ4v) is 5.66. The van der Waals surface area contributed by atoms with Gasteiger partial charge in [-0.15, -0.1) is 0 Å². The molecule has 0 bridgehead atoms. The molecular weight excluding hydrogens is 492 g/mol. The smallest absolute Gasteiger partial charge is 0.235 e. The minimum absolute atomic E-state index is 0.325. The number of para-hydroxylation sites is 2. The van der Waals surface area contributed by atoms with Crippen molar-refractivity contribution in [2.45, 2.75) is 51.6 Å².